The van der Waals surface area contributed by atoms with Crippen LogP contribution in [0.5, 0.6) is 0 Å². The van der Waals surface area contributed by atoms with Gasteiger partial charge in [0, 0.05) is 22.6 Å². The topological polar surface area (TPSA) is 73.1 Å². The van der Waals surface area contributed by atoms with Gasteiger partial charge in [-0.25, -0.2) is 13.4 Å². The van der Waals surface area contributed by atoms with Crippen LogP contribution in [0.1, 0.15) is 49.3 Å². The van der Waals surface area contributed by atoms with Crippen molar-refractivity contribution in [3.05, 3.63) is 15.6 Å². The second kappa shape index (κ2) is 4.66. The number of nitrogens with two attached hydrogens (primary N) is 1. The molecule has 0 saturated heterocycles. The maximum absolute atomic E-state index is 11.3. The van der Waals surface area contributed by atoms with Crippen LogP contribution < -0.4 is 5.73 Å². The highest BCUT2D eigenvalue weighted by Gasteiger charge is 2.25. The van der Waals surface area contributed by atoms with Crippen molar-refractivity contribution in [2.45, 2.75) is 44.9 Å². The molecule has 0 saturated carbocycles. The quantitative estimate of drug-likeness (QED) is 0.916. The summed E-state index contributed by atoms with van der Waals surface area (Å²) in [5, 5.41) is 0.629. The number of aromatic nitrogens is 1. The van der Waals surface area contributed by atoms with Crippen molar-refractivity contribution in [3.8, 4) is 0 Å². The largest absolute Gasteiger partial charge is 0.323 e. The number of thiazole rings is 1. The molecule has 1 heterocycles. The molecule has 1 unspecified atom stereocenters. The fraction of sp³-hybridized carbons (Fsp3) is 0.727. The van der Waals surface area contributed by atoms with Gasteiger partial charge in [-0.05, 0) is 6.92 Å². The predicted molar refractivity (Wildman–Crippen MR) is 72.0 cm³/mol. The Hall–Kier alpha value is -0.460. The van der Waals surface area contributed by atoms with Crippen LogP contribution in [-0.4, -0.2) is 19.7 Å². The van der Waals surface area contributed by atoms with Crippen molar-refractivity contribution in [3.63, 3.8) is 0 Å². The first kappa shape index (κ1) is 14.6. The van der Waals surface area contributed by atoms with Gasteiger partial charge in [-0.3, -0.25) is 0 Å². The minimum Gasteiger partial charge on any atom is -0.323 e. The number of nitrogens with zero attached hydrogens (tertiary/aromatic N) is 1. The van der Waals surface area contributed by atoms with Crippen molar-refractivity contribution in [1.29, 1.82) is 0 Å². The Morgan fingerprint density at radius 2 is 1.94 bits per heavy atom. The third kappa shape index (κ3) is 4.04. The molecular formula is C11H20N2O2S2. The predicted octanol–water partition coefficient (Wildman–Crippen LogP) is 2.00. The van der Waals surface area contributed by atoms with E-state index in [1.54, 1.807) is 0 Å². The van der Waals surface area contributed by atoms with Crippen molar-refractivity contribution in [2.75, 3.05) is 6.26 Å². The first-order valence-corrected chi connectivity index (χ1v) is 8.32. The standard InChI is InChI=1S/C11H20N2O2S2/c1-7(12)9-10(11(2,3)4)13-8(16-9)6-17(5,14)15/h7H,6,12H2,1-5H3. The Morgan fingerprint density at radius 1 is 1.41 bits per heavy atom. The SMILES string of the molecule is CC(N)c1sc(CS(C)(=O)=O)nc1C(C)(C)C. The molecule has 0 bridgehead atoms. The van der Waals surface area contributed by atoms with E-state index in [2.05, 4.69) is 25.8 Å². The van der Waals surface area contributed by atoms with Crippen LogP contribution in [0.25, 0.3) is 0 Å². The molecule has 1 aromatic heterocycles. The summed E-state index contributed by atoms with van der Waals surface area (Å²) in [6.07, 6.45) is 1.22. The molecular weight excluding hydrogens is 256 g/mol. The lowest BCUT2D eigenvalue weighted by molar-refractivity contribution is 0.558. The van der Waals surface area contributed by atoms with Gasteiger partial charge in [-0.1, -0.05) is 20.8 Å². The Kier molecular flexibility index (Phi) is 4.01. The van der Waals surface area contributed by atoms with Crippen molar-refractivity contribution < 1.29 is 8.42 Å². The summed E-state index contributed by atoms with van der Waals surface area (Å²) in [4.78, 5) is 5.43. The van der Waals surface area contributed by atoms with Gasteiger partial charge in [-0.2, -0.15) is 0 Å². The molecule has 6 heteroatoms. The molecule has 0 aliphatic heterocycles. The zero-order chi connectivity index (χ0) is 13.4. The van der Waals surface area contributed by atoms with E-state index >= 15 is 0 Å². The molecule has 17 heavy (non-hydrogen) atoms. The maximum Gasteiger partial charge on any atom is 0.153 e. The van der Waals surface area contributed by atoms with Crippen LogP contribution in [0.4, 0.5) is 0 Å². The van der Waals surface area contributed by atoms with E-state index in [4.69, 9.17) is 5.73 Å². The Bertz CT molecular complexity index is 496. The molecule has 0 aliphatic carbocycles. The van der Waals surface area contributed by atoms with Gasteiger partial charge in [0.2, 0.25) is 0 Å². The van der Waals surface area contributed by atoms with Crippen LogP contribution in [-0.2, 0) is 21.0 Å². The zero-order valence-electron chi connectivity index (χ0n) is 10.9. The second-order valence-electron chi connectivity index (χ2n) is 5.43. The Morgan fingerprint density at radius 3 is 2.24 bits per heavy atom. The van der Waals surface area contributed by atoms with E-state index in [1.165, 1.54) is 17.6 Å². The average Bonchev–Trinajstić information content (AvgIpc) is 2.43. The third-order valence-electron chi connectivity index (χ3n) is 2.21. The van der Waals surface area contributed by atoms with Crippen molar-refractivity contribution >= 4 is 21.2 Å². The molecule has 0 radical (unpaired) electrons. The summed E-state index contributed by atoms with van der Waals surface area (Å²) in [6.45, 7) is 8.06. The zero-order valence-corrected chi connectivity index (χ0v) is 12.6. The minimum atomic E-state index is -3.04. The lowest BCUT2D eigenvalue weighted by atomic mass is 9.90. The van der Waals surface area contributed by atoms with E-state index in [9.17, 15) is 8.42 Å². The molecule has 0 aliphatic rings. The first-order valence-electron chi connectivity index (χ1n) is 5.44. The summed E-state index contributed by atoms with van der Waals surface area (Å²) in [5.74, 6) is -0.00648. The van der Waals surface area contributed by atoms with Crippen LogP contribution in [0.3, 0.4) is 0 Å². The summed E-state index contributed by atoms with van der Waals surface area (Å²) in [6, 6.07) is -0.116. The van der Waals surface area contributed by atoms with E-state index in [0.29, 0.717) is 5.01 Å². The maximum atomic E-state index is 11.3. The lowest BCUT2D eigenvalue weighted by Gasteiger charge is -2.18. The van der Waals surface area contributed by atoms with Crippen LogP contribution in [0.15, 0.2) is 0 Å². The minimum absolute atomic E-state index is 0.00648. The van der Waals surface area contributed by atoms with Gasteiger partial charge in [0.25, 0.3) is 0 Å². The molecule has 0 amide bonds. The van der Waals surface area contributed by atoms with Gasteiger partial charge in [0.05, 0.1) is 5.69 Å². The Balaban J connectivity index is 3.23. The van der Waals surface area contributed by atoms with Gasteiger partial charge in [0.1, 0.15) is 10.8 Å². The number of hydrogen-bond acceptors (Lipinski definition) is 5. The van der Waals surface area contributed by atoms with Gasteiger partial charge in [0.15, 0.2) is 9.84 Å². The van der Waals surface area contributed by atoms with Gasteiger partial charge < -0.3 is 5.73 Å². The summed E-state index contributed by atoms with van der Waals surface area (Å²) >= 11 is 1.41. The highest BCUT2D eigenvalue weighted by molar-refractivity contribution is 7.90. The molecule has 1 aromatic rings. The molecule has 1 rings (SSSR count). The highest BCUT2D eigenvalue weighted by Crippen LogP contribution is 2.33. The van der Waals surface area contributed by atoms with Gasteiger partial charge >= 0.3 is 0 Å². The molecule has 0 fully saturated rings. The molecule has 2 N–H and O–H groups in total. The fourth-order valence-corrected chi connectivity index (χ4v) is 3.93. The van der Waals surface area contributed by atoms with E-state index in [0.717, 1.165) is 10.6 Å². The Labute approximate surface area is 107 Å². The fourth-order valence-electron chi connectivity index (χ4n) is 1.51. The lowest BCUT2D eigenvalue weighted by Crippen LogP contribution is -2.17. The van der Waals surface area contributed by atoms with E-state index in [1.807, 2.05) is 6.92 Å². The van der Waals surface area contributed by atoms with Crippen molar-refractivity contribution in [2.24, 2.45) is 5.73 Å². The second-order valence-corrected chi connectivity index (χ2v) is 8.68. The third-order valence-corrected chi connectivity index (χ3v) is 4.44. The normalized spacial score (nSPS) is 14.9. The van der Waals surface area contributed by atoms with E-state index in [-0.39, 0.29) is 17.2 Å². The van der Waals surface area contributed by atoms with Crippen LogP contribution >= 0.6 is 11.3 Å². The molecule has 0 aromatic carbocycles. The molecule has 1 atom stereocenters. The van der Waals surface area contributed by atoms with E-state index < -0.39 is 9.84 Å². The van der Waals surface area contributed by atoms with Crippen LogP contribution in [0, 0.1) is 0 Å². The van der Waals surface area contributed by atoms with Gasteiger partial charge in [-0.15, -0.1) is 11.3 Å². The number of hydrogen-bond donors (Lipinski definition) is 1. The summed E-state index contributed by atoms with van der Waals surface area (Å²) in [5.41, 5.74) is 6.71. The number of rotatable bonds is 3. The molecule has 98 valence electrons. The summed E-state index contributed by atoms with van der Waals surface area (Å²) < 4.78 is 22.6. The van der Waals surface area contributed by atoms with Crippen LogP contribution in [0.2, 0.25) is 0 Å². The molecule has 0 spiro atoms. The highest BCUT2D eigenvalue weighted by atomic mass is 32.2. The smallest absolute Gasteiger partial charge is 0.153 e. The summed E-state index contributed by atoms with van der Waals surface area (Å²) in [7, 11) is -3.04. The van der Waals surface area contributed by atoms with Crippen molar-refractivity contribution in [1.82, 2.24) is 4.98 Å². The average molecular weight is 276 g/mol. The monoisotopic (exact) mass is 276 g/mol. The molecule has 4 nitrogen and oxygen atoms in total. The first-order chi connectivity index (χ1) is 7.50. The number of sulfone groups is 1.